The molecule has 0 spiro atoms. The van der Waals surface area contributed by atoms with E-state index in [1.165, 1.54) is 6.21 Å². The summed E-state index contributed by atoms with van der Waals surface area (Å²) < 4.78 is 0. The number of likely N-dealkylation sites (N-methyl/N-ethyl adjacent to an activating group) is 1. The summed E-state index contributed by atoms with van der Waals surface area (Å²) in [4.78, 5) is 16.3. The summed E-state index contributed by atoms with van der Waals surface area (Å²) in [5.41, 5.74) is 4.13. The molecular formula is C16H24N4O2. The summed E-state index contributed by atoms with van der Waals surface area (Å²) >= 11 is 0. The van der Waals surface area contributed by atoms with Crippen LogP contribution in [0.5, 0.6) is 5.75 Å². The van der Waals surface area contributed by atoms with Crippen LogP contribution in [0.3, 0.4) is 0 Å². The first-order chi connectivity index (χ1) is 10.5. The number of phenols is 1. The fraction of sp³-hybridized carbons (Fsp3) is 0.500. The van der Waals surface area contributed by atoms with Gasteiger partial charge in [0.2, 0.25) is 5.91 Å². The van der Waals surface area contributed by atoms with Crippen LogP contribution in [0.15, 0.2) is 23.3 Å². The Balaban J connectivity index is 1.73. The third kappa shape index (κ3) is 5.13. The number of rotatable bonds is 5. The number of benzene rings is 1. The lowest BCUT2D eigenvalue weighted by molar-refractivity contribution is -0.121. The van der Waals surface area contributed by atoms with Crippen LogP contribution in [-0.2, 0) is 4.79 Å². The molecule has 0 unspecified atom stereocenters. The maximum Gasteiger partial charge on any atom is 0.241 e. The summed E-state index contributed by atoms with van der Waals surface area (Å²) in [5.74, 6) is 0.0448. The van der Waals surface area contributed by atoms with Gasteiger partial charge in [0.1, 0.15) is 5.75 Å². The van der Waals surface area contributed by atoms with Crippen LogP contribution in [0.25, 0.3) is 0 Å². The van der Waals surface area contributed by atoms with Crippen LogP contribution in [0.1, 0.15) is 17.5 Å². The highest BCUT2D eigenvalue weighted by molar-refractivity contribution is 5.85. The summed E-state index contributed by atoms with van der Waals surface area (Å²) in [5, 5.41) is 13.6. The number of nitrogens with one attached hydrogen (secondary N) is 1. The van der Waals surface area contributed by atoms with Gasteiger partial charge in [-0.25, -0.2) is 5.43 Å². The molecule has 0 radical (unpaired) electrons. The lowest BCUT2D eigenvalue weighted by atomic mass is 10.1. The molecule has 1 heterocycles. The molecule has 2 rings (SSSR count). The highest BCUT2D eigenvalue weighted by atomic mass is 16.3. The molecule has 0 aromatic heterocycles. The second-order valence-electron chi connectivity index (χ2n) is 5.75. The molecule has 0 atom stereocenters. The van der Waals surface area contributed by atoms with E-state index in [1.807, 2.05) is 19.1 Å². The number of piperazine rings is 1. The average Bonchev–Trinajstić information content (AvgIpc) is 2.50. The smallest absolute Gasteiger partial charge is 0.241 e. The number of aryl methyl sites for hydroxylation is 1. The van der Waals surface area contributed by atoms with Crippen LogP contribution in [0.2, 0.25) is 0 Å². The number of carbonyl (C=O) groups is 1. The number of nitrogens with zero attached hydrogens (tertiary/aromatic N) is 3. The number of carbonyl (C=O) groups excluding carboxylic acids is 1. The molecule has 1 aliphatic rings. The molecule has 120 valence electrons. The molecule has 1 saturated heterocycles. The standard InChI is InChI=1S/C16H24N4O2/c1-13-3-4-15(21)14(11-13)12-17-18-16(22)5-6-20-9-7-19(2)8-10-20/h3-4,11-12,21H,5-10H2,1-2H3,(H,18,22)/b17-12+. The molecule has 0 bridgehead atoms. The minimum absolute atomic E-state index is 0.109. The van der Waals surface area contributed by atoms with Gasteiger partial charge in [0.15, 0.2) is 0 Å². The van der Waals surface area contributed by atoms with Gasteiger partial charge in [-0.2, -0.15) is 5.10 Å². The molecule has 22 heavy (non-hydrogen) atoms. The summed E-state index contributed by atoms with van der Waals surface area (Å²) in [6.07, 6.45) is 1.90. The Kier molecular flexibility index (Phi) is 5.91. The van der Waals surface area contributed by atoms with Gasteiger partial charge < -0.3 is 14.9 Å². The quantitative estimate of drug-likeness (QED) is 0.623. The van der Waals surface area contributed by atoms with Crippen molar-refractivity contribution >= 4 is 12.1 Å². The number of aromatic hydroxyl groups is 1. The highest BCUT2D eigenvalue weighted by Gasteiger charge is 2.14. The number of hydrogen-bond acceptors (Lipinski definition) is 5. The monoisotopic (exact) mass is 304 g/mol. The number of hydrazone groups is 1. The predicted octanol–water partition coefficient (Wildman–Crippen LogP) is 0.788. The Morgan fingerprint density at radius 1 is 1.36 bits per heavy atom. The molecule has 1 aliphatic heterocycles. The van der Waals surface area contributed by atoms with Crippen LogP contribution < -0.4 is 5.43 Å². The zero-order valence-electron chi connectivity index (χ0n) is 13.2. The lowest BCUT2D eigenvalue weighted by Crippen LogP contribution is -2.45. The summed E-state index contributed by atoms with van der Waals surface area (Å²) in [7, 11) is 2.11. The van der Waals surface area contributed by atoms with E-state index >= 15 is 0 Å². The maximum absolute atomic E-state index is 11.8. The SMILES string of the molecule is Cc1ccc(O)c(/C=N/NC(=O)CCN2CCN(C)CC2)c1. The van der Waals surface area contributed by atoms with Gasteiger partial charge in [-0.15, -0.1) is 0 Å². The van der Waals surface area contributed by atoms with Crippen molar-refractivity contribution < 1.29 is 9.90 Å². The molecule has 0 saturated carbocycles. The Morgan fingerprint density at radius 2 is 2.09 bits per heavy atom. The van der Waals surface area contributed by atoms with E-state index in [4.69, 9.17) is 0 Å². The Labute approximate surface area is 131 Å². The van der Waals surface area contributed by atoms with Crippen LogP contribution >= 0.6 is 0 Å². The second-order valence-corrected chi connectivity index (χ2v) is 5.75. The van der Waals surface area contributed by atoms with E-state index in [2.05, 4.69) is 27.4 Å². The molecule has 1 aromatic rings. The minimum Gasteiger partial charge on any atom is -0.507 e. The van der Waals surface area contributed by atoms with Crippen molar-refractivity contribution in [2.75, 3.05) is 39.8 Å². The second kappa shape index (κ2) is 7.91. The van der Waals surface area contributed by atoms with E-state index in [9.17, 15) is 9.90 Å². The Hall–Kier alpha value is -1.92. The summed E-state index contributed by atoms with van der Waals surface area (Å²) in [6.45, 7) is 6.80. The van der Waals surface area contributed by atoms with E-state index in [0.717, 1.165) is 38.3 Å². The van der Waals surface area contributed by atoms with Crippen molar-refractivity contribution in [3.8, 4) is 5.75 Å². The van der Waals surface area contributed by atoms with E-state index in [-0.39, 0.29) is 11.7 Å². The van der Waals surface area contributed by atoms with Gasteiger partial charge >= 0.3 is 0 Å². The first-order valence-electron chi connectivity index (χ1n) is 7.57. The molecule has 6 nitrogen and oxygen atoms in total. The summed E-state index contributed by atoms with van der Waals surface area (Å²) in [6, 6.07) is 5.25. The fourth-order valence-electron chi connectivity index (χ4n) is 2.34. The van der Waals surface area contributed by atoms with Crippen molar-refractivity contribution in [1.29, 1.82) is 0 Å². The minimum atomic E-state index is -0.109. The fourth-order valence-corrected chi connectivity index (χ4v) is 2.34. The maximum atomic E-state index is 11.8. The first-order valence-corrected chi connectivity index (χ1v) is 7.57. The molecule has 6 heteroatoms. The molecule has 2 N–H and O–H groups in total. The van der Waals surface area contributed by atoms with Gasteiger partial charge in [0, 0.05) is 44.7 Å². The van der Waals surface area contributed by atoms with Crippen molar-refractivity contribution in [2.24, 2.45) is 5.10 Å². The topological polar surface area (TPSA) is 68.2 Å². The molecular weight excluding hydrogens is 280 g/mol. The van der Waals surface area contributed by atoms with Crippen LogP contribution in [0, 0.1) is 6.92 Å². The van der Waals surface area contributed by atoms with Crippen LogP contribution in [0.4, 0.5) is 0 Å². The number of hydrogen-bond donors (Lipinski definition) is 2. The first kappa shape index (κ1) is 16.5. The zero-order valence-corrected chi connectivity index (χ0v) is 13.2. The zero-order chi connectivity index (χ0) is 15.9. The van der Waals surface area contributed by atoms with Gasteiger partial charge in [-0.05, 0) is 26.1 Å². The Morgan fingerprint density at radius 3 is 2.82 bits per heavy atom. The number of phenolic OH excluding ortho intramolecular Hbond substituents is 1. The molecule has 1 aromatic carbocycles. The molecule has 0 aliphatic carbocycles. The molecule has 1 amide bonds. The van der Waals surface area contributed by atoms with E-state index in [1.54, 1.807) is 6.07 Å². The largest absolute Gasteiger partial charge is 0.507 e. The number of amides is 1. The Bertz CT molecular complexity index is 537. The average molecular weight is 304 g/mol. The van der Waals surface area contributed by atoms with Crippen molar-refractivity contribution in [2.45, 2.75) is 13.3 Å². The third-order valence-corrected chi connectivity index (χ3v) is 3.83. The van der Waals surface area contributed by atoms with E-state index < -0.39 is 0 Å². The predicted molar refractivity (Wildman–Crippen MR) is 87.1 cm³/mol. The third-order valence-electron chi connectivity index (χ3n) is 3.83. The lowest BCUT2D eigenvalue weighted by Gasteiger charge is -2.32. The van der Waals surface area contributed by atoms with Gasteiger partial charge in [0.05, 0.1) is 6.21 Å². The highest BCUT2D eigenvalue weighted by Crippen LogP contribution is 2.15. The van der Waals surface area contributed by atoms with Crippen molar-refractivity contribution in [3.63, 3.8) is 0 Å². The normalized spacial score (nSPS) is 17.0. The van der Waals surface area contributed by atoms with Crippen molar-refractivity contribution in [1.82, 2.24) is 15.2 Å². The van der Waals surface area contributed by atoms with Gasteiger partial charge in [-0.1, -0.05) is 11.6 Å². The van der Waals surface area contributed by atoms with Gasteiger partial charge in [0.25, 0.3) is 0 Å². The van der Waals surface area contributed by atoms with Gasteiger partial charge in [-0.3, -0.25) is 4.79 Å². The van der Waals surface area contributed by atoms with E-state index in [0.29, 0.717) is 12.0 Å². The molecule has 1 fully saturated rings. The van der Waals surface area contributed by atoms with Crippen LogP contribution in [-0.4, -0.2) is 66.8 Å². The van der Waals surface area contributed by atoms with Crippen molar-refractivity contribution in [3.05, 3.63) is 29.3 Å².